The highest BCUT2D eigenvalue weighted by Gasteiger charge is 2.06. The van der Waals surface area contributed by atoms with E-state index in [1.54, 1.807) is 0 Å². The zero-order valence-corrected chi connectivity index (χ0v) is 11.0. The number of aryl methyl sites for hydroxylation is 2. The van der Waals surface area contributed by atoms with Crippen molar-refractivity contribution in [2.75, 3.05) is 11.1 Å². The molecule has 3 N–H and O–H groups in total. The van der Waals surface area contributed by atoms with Crippen molar-refractivity contribution in [3.8, 4) is 0 Å². The van der Waals surface area contributed by atoms with E-state index in [2.05, 4.69) is 37.4 Å². The number of nitrogen functional groups attached to an aromatic ring is 1. The Morgan fingerprint density at radius 1 is 0.944 bits per heavy atom. The highest BCUT2D eigenvalue weighted by atomic mass is 14.9. The van der Waals surface area contributed by atoms with Crippen molar-refractivity contribution in [3.63, 3.8) is 0 Å². The van der Waals surface area contributed by atoms with Gasteiger partial charge in [-0.2, -0.15) is 0 Å². The van der Waals surface area contributed by atoms with E-state index in [1.165, 1.54) is 16.8 Å². The molecule has 0 saturated carbocycles. The Morgan fingerprint density at radius 2 is 1.56 bits per heavy atom. The summed E-state index contributed by atoms with van der Waals surface area (Å²) in [4.78, 5) is 0. The second-order valence-corrected chi connectivity index (χ2v) is 4.41. The predicted octanol–water partition coefficient (Wildman–Crippen LogP) is 4.14. The summed E-state index contributed by atoms with van der Waals surface area (Å²) in [5.74, 6) is 0. The Balaban J connectivity index is 2.38. The lowest BCUT2D eigenvalue weighted by atomic mass is 10.0. The Hall–Kier alpha value is -1.96. The topological polar surface area (TPSA) is 38.0 Å². The highest BCUT2D eigenvalue weighted by molar-refractivity contribution is 5.69. The Kier molecular flexibility index (Phi) is 3.88. The van der Waals surface area contributed by atoms with Crippen LogP contribution in [0, 0.1) is 0 Å². The second kappa shape index (κ2) is 5.58. The van der Waals surface area contributed by atoms with E-state index in [9.17, 15) is 0 Å². The molecule has 18 heavy (non-hydrogen) atoms. The first-order valence-electron chi connectivity index (χ1n) is 6.48. The maximum absolute atomic E-state index is 5.81. The fourth-order valence-electron chi connectivity index (χ4n) is 2.16. The van der Waals surface area contributed by atoms with Crippen LogP contribution in [0.25, 0.3) is 0 Å². The lowest BCUT2D eigenvalue weighted by molar-refractivity contribution is 1.09. The van der Waals surface area contributed by atoms with Crippen LogP contribution in [-0.4, -0.2) is 0 Å². The van der Waals surface area contributed by atoms with Crippen LogP contribution in [0.5, 0.6) is 0 Å². The summed E-state index contributed by atoms with van der Waals surface area (Å²) in [6.07, 6.45) is 2.05. The maximum atomic E-state index is 5.81. The molecule has 0 fully saturated rings. The van der Waals surface area contributed by atoms with Crippen LogP contribution in [0.4, 0.5) is 17.1 Å². The predicted molar refractivity (Wildman–Crippen MR) is 79.3 cm³/mol. The Labute approximate surface area is 109 Å². The first-order valence-corrected chi connectivity index (χ1v) is 6.48. The van der Waals surface area contributed by atoms with Crippen molar-refractivity contribution in [2.24, 2.45) is 0 Å². The third-order valence-electron chi connectivity index (χ3n) is 3.15. The minimum absolute atomic E-state index is 0.784. The van der Waals surface area contributed by atoms with Crippen molar-refractivity contribution >= 4 is 17.1 Å². The van der Waals surface area contributed by atoms with Gasteiger partial charge in [0.05, 0.1) is 0 Å². The van der Waals surface area contributed by atoms with Gasteiger partial charge in [0.2, 0.25) is 0 Å². The second-order valence-electron chi connectivity index (χ2n) is 4.41. The van der Waals surface area contributed by atoms with Gasteiger partial charge in [-0.15, -0.1) is 0 Å². The number of hydrogen-bond donors (Lipinski definition) is 2. The number of benzene rings is 2. The van der Waals surface area contributed by atoms with Crippen LogP contribution in [0.3, 0.4) is 0 Å². The Bertz CT molecular complexity index is 510. The molecule has 0 spiro atoms. The number of para-hydroxylation sites is 1. The van der Waals surface area contributed by atoms with Crippen molar-refractivity contribution in [3.05, 3.63) is 53.6 Å². The fraction of sp³-hybridized carbons (Fsp3) is 0.250. The molecule has 94 valence electrons. The summed E-state index contributed by atoms with van der Waals surface area (Å²) in [5.41, 5.74) is 11.6. The molecular formula is C16H20N2. The largest absolute Gasteiger partial charge is 0.399 e. The van der Waals surface area contributed by atoms with E-state index in [0.717, 1.165) is 24.2 Å². The molecule has 0 atom stereocenters. The van der Waals surface area contributed by atoms with Gasteiger partial charge in [-0.3, -0.25) is 0 Å². The monoisotopic (exact) mass is 240 g/mol. The van der Waals surface area contributed by atoms with Crippen LogP contribution in [0.2, 0.25) is 0 Å². The molecule has 2 rings (SSSR count). The molecule has 0 aliphatic rings. The van der Waals surface area contributed by atoms with Crippen molar-refractivity contribution in [2.45, 2.75) is 26.7 Å². The zero-order valence-electron chi connectivity index (χ0n) is 11.0. The number of nitrogens with two attached hydrogens (primary N) is 1. The molecule has 0 amide bonds. The third-order valence-corrected chi connectivity index (χ3v) is 3.15. The summed E-state index contributed by atoms with van der Waals surface area (Å²) in [5, 5.41) is 3.50. The van der Waals surface area contributed by atoms with E-state index >= 15 is 0 Å². The first kappa shape index (κ1) is 12.5. The third kappa shape index (κ3) is 2.65. The van der Waals surface area contributed by atoms with Crippen LogP contribution >= 0.6 is 0 Å². The molecule has 0 unspecified atom stereocenters. The molecule has 0 heterocycles. The maximum Gasteiger partial charge on any atom is 0.0449 e. The van der Waals surface area contributed by atoms with E-state index in [0.29, 0.717) is 0 Å². The molecule has 0 aromatic heterocycles. The first-order chi connectivity index (χ1) is 8.74. The van der Waals surface area contributed by atoms with E-state index in [1.807, 2.05) is 24.3 Å². The standard InChI is InChI=1S/C16H20N2/c1-3-12-7-5-8-13(4-2)16(12)18-15-10-6-9-14(17)11-15/h5-11,18H,3-4,17H2,1-2H3. The number of anilines is 3. The van der Waals surface area contributed by atoms with Gasteiger partial charge in [-0.25, -0.2) is 0 Å². The summed E-state index contributed by atoms with van der Waals surface area (Å²) in [6.45, 7) is 4.36. The van der Waals surface area contributed by atoms with E-state index < -0.39 is 0 Å². The number of rotatable bonds is 4. The summed E-state index contributed by atoms with van der Waals surface area (Å²) in [7, 11) is 0. The lowest BCUT2D eigenvalue weighted by Gasteiger charge is -2.15. The smallest absolute Gasteiger partial charge is 0.0449 e. The molecular weight excluding hydrogens is 220 g/mol. The molecule has 0 aliphatic heterocycles. The quantitative estimate of drug-likeness (QED) is 0.788. The average molecular weight is 240 g/mol. The van der Waals surface area contributed by atoms with Crippen LogP contribution in [0.15, 0.2) is 42.5 Å². The van der Waals surface area contributed by atoms with E-state index in [-0.39, 0.29) is 0 Å². The molecule has 2 nitrogen and oxygen atoms in total. The summed E-state index contributed by atoms with van der Waals surface area (Å²) < 4.78 is 0. The van der Waals surface area contributed by atoms with Crippen LogP contribution < -0.4 is 11.1 Å². The SMILES string of the molecule is CCc1cccc(CC)c1Nc1cccc(N)c1. The van der Waals surface area contributed by atoms with Crippen molar-refractivity contribution < 1.29 is 0 Å². The minimum Gasteiger partial charge on any atom is -0.399 e. The molecule has 2 aromatic rings. The van der Waals surface area contributed by atoms with Crippen molar-refractivity contribution in [1.82, 2.24) is 0 Å². The normalized spacial score (nSPS) is 10.3. The van der Waals surface area contributed by atoms with Crippen LogP contribution in [0.1, 0.15) is 25.0 Å². The highest BCUT2D eigenvalue weighted by Crippen LogP contribution is 2.27. The van der Waals surface area contributed by atoms with Gasteiger partial charge in [-0.05, 0) is 42.2 Å². The van der Waals surface area contributed by atoms with Gasteiger partial charge in [0.15, 0.2) is 0 Å². The number of hydrogen-bond acceptors (Lipinski definition) is 2. The fourth-order valence-corrected chi connectivity index (χ4v) is 2.16. The molecule has 0 radical (unpaired) electrons. The van der Waals surface area contributed by atoms with Crippen molar-refractivity contribution in [1.29, 1.82) is 0 Å². The minimum atomic E-state index is 0.784. The van der Waals surface area contributed by atoms with Crippen LogP contribution in [-0.2, 0) is 12.8 Å². The molecule has 0 aliphatic carbocycles. The van der Waals surface area contributed by atoms with Gasteiger partial charge in [0, 0.05) is 17.1 Å². The zero-order chi connectivity index (χ0) is 13.0. The lowest BCUT2D eigenvalue weighted by Crippen LogP contribution is -2.00. The molecule has 0 bridgehead atoms. The average Bonchev–Trinajstić information content (AvgIpc) is 2.39. The van der Waals surface area contributed by atoms with Gasteiger partial charge in [0.25, 0.3) is 0 Å². The molecule has 2 heteroatoms. The van der Waals surface area contributed by atoms with Gasteiger partial charge < -0.3 is 11.1 Å². The molecule has 2 aromatic carbocycles. The van der Waals surface area contributed by atoms with E-state index in [4.69, 9.17) is 5.73 Å². The van der Waals surface area contributed by atoms with Gasteiger partial charge >= 0.3 is 0 Å². The Morgan fingerprint density at radius 3 is 2.11 bits per heavy atom. The summed E-state index contributed by atoms with van der Waals surface area (Å²) in [6, 6.07) is 14.4. The molecule has 0 saturated heterocycles. The summed E-state index contributed by atoms with van der Waals surface area (Å²) >= 11 is 0. The number of nitrogens with one attached hydrogen (secondary N) is 1. The van der Waals surface area contributed by atoms with Gasteiger partial charge in [-0.1, -0.05) is 38.1 Å². The van der Waals surface area contributed by atoms with Gasteiger partial charge in [0.1, 0.15) is 0 Å².